The molecule has 2 rings (SSSR count). The third-order valence-electron chi connectivity index (χ3n) is 2.76. The van der Waals surface area contributed by atoms with E-state index in [2.05, 4.69) is 10.3 Å². The molecule has 1 aromatic heterocycles. The molecule has 5 heteroatoms. The summed E-state index contributed by atoms with van der Waals surface area (Å²) >= 11 is 0. The molecule has 104 valence electrons. The fourth-order valence-electron chi connectivity index (χ4n) is 1.84. The van der Waals surface area contributed by atoms with Crippen molar-refractivity contribution < 1.29 is 9.53 Å². The van der Waals surface area contributed by atoms with Gasteiger partial charge in [-0.3, -0.25) is 9.78 Å². The van der Waals surface area contributed by atoms with Crippen LogP contribution in [0.15, 0.2) is 42.7 Å². The summed E-state index contributed by atoms with van der Waals surface area (Å²) in [5, 5.41) is 2.82. The number of carbonyl (C=O) groups excluding carboxylic acids is 1. The number of rotatable bonds is 5. The molecule has 0 bridgehead atoms. The molecule has 5 nitrogen and oxygen atoms in total. The number of pyridine rings is 1. The Kier molecular flexibility index (Phi) is 4.55. The average Bonchev–Trinajstić information content (AvgIpc) is 2.46. The SMILES string of the molecule is CCOc1cccc(N)c1C(=O)NCc1cccnc1. The maximum Gasteiger partial charge on any atom is 0.257 e. The fraction of sp³-hybridized carbons (Fsp3) is 0.200. The molecule has 0 saturated heterocycles. The first kappa shape index (κ1) is 13.9. The van der Waals surface area contributed by atoms with E-state index in [1.54, 1.807) is 30.6 Å². The lowest BCUT2D eigenvalue weighted by molar-refractivity contribution is 0.0948. The normalized spacial score (nSPS) is 10.1. The van der Waals surface area contributed by atoms with Crippen molar-refractivity contribution >= 4 is 11.6 Å². The van der Waals surface area contributed by atoms with Crippen LogP contribution in [0.1, 0.15) is 22.8 Å². The lowest BCUT2D eigenvalue weighted by Crippen LogP contribution is -2.24. The summed E-state index contributed by atoms with van der Waals surface area (Å²) < 4.78 is 5.44. The number of hydrogen-bond donors (Lipinski definition) is 2. The van der Waals surface area contributed by atoms with E-state index < -0.39 is 0 Å². The molecule has 0 aliphatic rings. The first-order valence-electron chi connectivity index (χ1n) is 6.40. The highest BCUT2D eigenvalue weighted by molar-refractivity contribution is 6.01. The van der Waals surface area contributed by atoms with Crippen LogP contribution in [-0.4, -0.2) is 17.5 Å². The van der Waals surface area contributed by atoms with Crippen molar-refractivity contribution in [3.05, 3.63) is 53.9 Å². The number of amides is 1. The average molecular weight is 271 g/mol. The molecule has 20 heavy (non-hydrogen) atoms. The molecular weight excluding hydrogens is 254 g/mol. The second kappa shape index (κ2) is 6.56. The molecule has 1 heterocycles. The van der Waals surface area contributed by atoms with Crippen LogP contribution in [0.2, 0.25) is 0 Å². The van der Waals surface area contributed by atoms with E-state index in [4.69, 9.17) is 10.5 Å². The van der Waals surface area contributed by atoms with E-state index in [1.165, 1.54) is 0 Å². The Labute approximate surface area is 117 Å². The van der Waals surface area contributed by atoms with Crippen molar-refractivity contribution in [3.8, 4) is 5.75 Å². The Morgan fingerprint density at radius 3 is 2.90 bits per heavy atom. The zero-order valence-corrected chi connectivity index (χ0v) is 11.3. The van der Waals surface area contributed by atoms with Gasteiger partial charge in [-0.15, -0.1) is 0 Å². The lowest BCUT2D eigenvalue weighted by atomic mass is 10.1. The summed E-state index contributed by atoms with van der Waals surface area (Å²) in [6, 6.07) is 8.90. The topological polar surface area (TPSA) is 77.2 Å². The van der Waals surface area contributed by atoms with Gasteiger partial charge in [-0.1, -0.05) is 12.1 Å². The second-order valence-electron chi connectivity index (χ2n) is 4.20. The van der Waals surface area contributed by atoms with Crippen molar-refractivity contribution in [1.82, 2.24) is 10.3 Å². The molecule has 0 fully saturated rings. The smallest absolute Gasteiger partial charge is 0.257 e. The maximum atomic E-state index is 12.2. The van der Waals surface area contributed by atoms with Gasteiger partial charge in [0.2, 0.25) is 0 Å². The van der Waals surface area contributed by atoms with Crippen molar-refractivity contribution in [2.75, 3.05) is 12.3 Å². The van der Waals surface area contributed by atoms with E-state index >= 15 is 0 Å². The minimum Gasteiger partial charge on any atom is -0.493 e. The van der Waals surface area contributed by atoms with Gasteiger partial charge in [0.05, 0.1) is 6.61 Å². The Morgan fingerprint density at radius 2 is 2.20 bits per heavy atom. The predicted molar refractivity (Wildman–Crippen MR) is 77.4 cm³/mol. The molecule has 0 atom stereocenters. The van der Waals surface area contributed by atoms with Crippen molar-refractivity contribution in [3.63, 3.8) is 0 Å². The number of carbonyl (C=O) groups is 1. The molecule has 0 unspecified atom stereocenters. The highest BCUT2D eigenvalue weighted by Gasteiger charge is 2.15. The maximum absolute atomic E-state index is 12.2. The molecule has 0 aliphatic heterocycles. The highest BCUT2D eigenvalue weighted by Crippen LogP contribution is 2.24. The first-order valence-corrected chi connectivity index (χ1v) is 6.40. The summed E-state index contributed by atoms with van der Waals surface area (Å²) in [6.07, 6.45) is 3.39. The Balaban J connectivity index is 2.13. The van der Waals surface area contributed by atoms with Crippen LogP contribution < -0.4 is 15.8 Å². The van der Waals surface area contributed by atoms with Crippen LogP contribution in [-0.2, 0) is 6.54 Å². The zero-order chi connectivity index (χ0) is 14.4. The van der Waals surface area contributed by atoms with Crippen LogP contribution in [0.4, 0.5) is 5.69 Å². The summed E-state index contributed by atoms with van der Waals surface area (Å²) in [7, 11) is 0. The number of nitrogen functional groups attached to an aromatic ring is 1. The summed E-state index contributed by atoms with van der Waals surface area (Å²) in [4.78, 5) is 16.2. The van der Waals surface area contributed by atoms with Crippen LogP contribution in [0.5, 0.6) is 5.75 Å². The summed E-state index contributed by atoms with van der Waals surface area (Å²) in [6.45, 7) is 2.74. The van der Waals surface area contributed by atoms with Crippen LogP contribution >= 0.6 is 0 Å². The molecule has 1 aromatic carbocycles. The molecule has 0 aliphatic carbocycles. The molecule has 0 saturated carbocycles. The van der Waals surface area contributed by atoms with Gasteiger partial charge in [0.25, 0.3) is 5.91 Å². The van der Waals surface area contributed by atoms with Crippen LogP contribution in [0.3, 0.4) is 0 Å². The number of aromatic nitrogens is 1. The molecular formula is C15H17N3O2. The van der Waals surface area contributed by atoms with Gasteiger partial charge in [0, 0.05) is 24.6 Å². The van der Waals surface area contributed by atoms with Gasteiger partial charge in [-0.25, -0.2) is 0 Å². The van der Waals surface area contributed by atoms with Gasteiger partial charge in [-0.05, 0) is 30.7 Å². The van der Waals surface area contributed by atoms with E-state index in [0.717, 1.165) is 5.56 Å². The molecule has 2 aromatic rings. The number of nitrogens with zero attached hydrogens (tertiary/aromatic N) is 1. The second-order valence-corrected chi connectivity index (χ2v) is 4.20. The van der Waals surface area contributed by atoms with Gasteiger partial charge in [-0.2, -0.15) is 0 Å². The van der Waals surface area contributed by atoms with E-state index in [0.29, 0.717) is 30.2 Å². The molecule has 0 radical (unpaired) electrons. The lowest BCUT2D eigenvalue weighted by Gasteiger charge is -2.12. The van der Waals surface area contributed by atoms with Gasteiger partial charge < -0.3 is 15.8 Å². The fourth-order valence-corrected chi connectivity index (χ4v) is 1.84. The van der Waals surface area contributed by atoms with E-state index in [-0.39, 0.29) is 5.91 Å². The third kappa shape index (κ3) is 3.26. The molecule has 0 spiro atoms. The van der Waals surface area contributed by atoms with Crippen molar-refractivity contribution in [1.29, 1.82) is 0 Å². The minimum atomic E-state index is -0.254. The minimum absolute atomic E-state index is 0.254. The quantitative estimate of drug-likeness (QED) is 0.815. The number of nitrogens with two attached hydrogens (primary N) is 1. The van der Waals surface area contributed by atoms with Gasteiger partial charge in [0.1, 0.15) is 11.3 Å². The number of anilines is 1. The first-order chi connectivity index (χ1) is 9.72. The number of benzene rings is 1. The highest BCUT2D eigenvalue weighted by atomic mass is 16.5. The Morgan fingerprint density at radius 1 is 1.35 bits per heavy atom. The number of ether oxygens (including phenoxy) is 1. The van der Waals surface area contributed by atoms with Gasteiger partial charge >= 0.3 is 0 Å². The van der Waals surface area contributed by atoms with E-state index in [9.17, 15) is 4.79 Å². The number of nitrogens with one attached hydrogen (secondary N) is 1. The molecule has 3 N–H and O–H groups in total. The van der Waals surface area contributed by atoms with E-state index in [1.807, 2.05) is 19.1 Å². The van der Waals surface area contributed by atoms with Crippen LogP contribution in [0.25, 0.3) is 0 Å². The summed E-state index contributed by atoms with van der Waals surface area (Å²) in [5.74, 6) is 0.242. The Hall–Kier alpha value is -2.56. The van der Waals surface area contributed by atoms with Crippen LogP contribution in [0, 0.1) is 0 Å². The Bertz CT molecular complexity index is 585. The standard InChI is InChI=1S/C15H17N3O2/c1-2-20-13-7-3-6-12(16)14(13)15(19)18-10-11-5-4-8-17-9-11/h3-9H,2,10,16H2,1H3,(H,18,19). The third-order valence-corrected chi connectivity index (χ3v) is 2.76. The molecule has 1 amide bonds. The summed E-state index contributed by atoms with van der Waals surface area (Å²) in [5.41, 5.74) is 7.57. The largest absolute Gasteiger partial charge is 0.493 e. The monoisotopic (exact) mass is 271 g/mol. The zero-order valence-electron chi connectivity index (χ0n) is 11.3. The van der Waals surface area contributed by atoms with Crippen molar-refractivity contribution in [2.24, 2.45) is 0 Å². The number of hydrogen-bond acceptors (Lipinski definition) is 4. The van der Waals surface area contributed by atoms with Crippen molar-refractivity contribution in [2.45, 2.75) is 13.5 Å². The van der Waals surface area contributed by atoms with Gasteiger partial charge in [0.15, 0.2) is 0 Å². The predicted octanol–water partition coefficient (Wildman–Crippen LogP) is 1.99.